The van der Waals surface area contributed by atoms with Gasteiger partial charge in [0.2, 0.25) is 9.04 Å². The zero-order valence-corrected chi connectivity index (χ0v) is 7.68. The number of hydrogen-bond acceptors (Lipinski definition) is 1. The summed E-state index contributed by atoms with van der Waals surface area (Å²) in [5.41, 5.74) is 0. The van der Waals surface area contributed by atoms with Gasteiger partial charge in [0, 0.05) is 6.61 Å². The molecule has 2 rings (SSSR count). The van der Waals surface area contributed by atoms with Crippen molar-refractivity contribution in [1.29, 1.82) is 0 Å². The molecule has 0 atom stereocenters. The van der Waals surface area contributed by atoms with Crippen LogP contribution in [0.5, 0.6) is 0 Å². The van der Waals surface area contributed by atoms with Crippen LogP contribution in [0.3, 0.4) is 0 Å². The van der Waals surface area contributed by atoms with Gasteiger partial charge >= 0.3 is 0 Å². The van der Waals surface area contributed by atoms with Crippen LogP contribution in [-0.2, 0) is 4.43 Å². The minimum Gasteiger partial charge on any atom is -0.412 e. The highest BCUT2D eigenvalue weighted by atomic mass is 28.3. The Morgan fingerprint density at radius 3 is 3.00 bits per heavy atom. The van der Waals surface area contributed by atoms with E-state index in [1.807, 2.05) is 0 Å². The second-order valence-corrected chi connectivity index (χ2v) is 5.33. The van der Waals surface area contributed by atoms with Crippen molar-refractivity contribution in [2.45, 2.75) is 25.3 Å². The van der Waals surface area contributed by atoms with E-state index >= 15 is 0 Å². The highest BCUT2D eigenvalue weighted by molar-refractivity contribution is 6.60. The predicted molar refractivity (Wildman–Crippen MR) is 47.6 cm³/mol. The van der Waals surface area contributed by atoms with Crippen molar-refractivity contribution in [3.8, 4) is 0 Å². The molecule has 0 N–H and O–H groups in total. The fourth-order valence-electron chi connectivity index (χ4n) is 1.56. The van der Waals surface area contributed by atoms with Gasteiger partial charge in [0.05, 0.1) is 0 Å². The van der Waals surface area contributed by atoms with Crippen LogP contribution in [0.15, 0.2) is 23.4 Å². The lowest BCUT2D eigenvalue weighted by Crippen LogP contribution is -2.25. The van der Waals surface area contributed by atoms with E-state index in [-0.39, 0.29) is 0 Å². The molecule has 1 heterocycles. The first kappa shape index (κ1) is 7.31. The van der Waals surface area contributed by atoms with Crippen molar-refractivity contribution in [3.05, 3.63) is 23.4 Å². The van der Waals surface area contributed by atoms with Crippen LogP contribution in [-0.4, -0.2) is 15.6 Å². The first-order valence-electron chi connectivity index (χ1n) is 4.31. The molecule has 11 heavy (non-hydrogen) atoms. The summed E-state index contributed by atoms with van der Waals surface area (Å²) in [5.74, 6) is 0. The third kappa shape index (κ3) is 1.63. The van der Waals surface area contributed by atoms with Crippen molar-refractivity contribution in [2.75, 3.05) is 6.61 Å². The number of rotatable bonds is 1. The zero-order valence-electron chi connectivity index (χ0n) is 6.68. The summed E-state index contributed by atoms with van der Waals surface area (Å²) in [6.45, 7) is 1.01. The molecule has 1 aliphatic heterocycles. The average Bonchev–Trinajstić information content (AvgIpc) is 2.58. The van der Waals surface area contributed by atoms with Crippen LogP contribution in [0.25, 0.3) is 0 Å². The molecular weight excluding hydrogens is 152 g/mol. The Hall–Kier alpha value is -0.343. The average molecular weight is 165 g/mol. The van der Waals surface area contributed by atoms with E-state index in [2.05, 4.69) is 18.2 Å². The monoisotopic (exact) mass is 165 g/mol. The third-order valence-electron chi connectivity index (χ3n) is 2.20. The number of hydrogen-bond donors (Lipinski definition) is 0. The highest BCUT2D eigenvalue weighted by Crippen LogP contribution is 2.22. The lowest BCUT2D eigenvalue weighted by Gasteiger charge is -2.20. The maximum atomic E-state index is 5.76. The van der Waals surface area contributed by atoms with Gasteiger partial charge in [-0.25, -0.2) is 0 Å². The van der Waals surface area contributed by atoms with E-state index in [9.17, 15) is 0 Å². The zero-order chi connectivity index (χ0) is 7.52. The van der Waals surface area contributed by atoms with Crippen molar-refractivity contribution in [3.63, 3.8) is 0 Å². The van der Waals surface area contributed by atoms with E-state index in [0.29, 0.717) is 0 Å². The molecule has 0 aromatic heterocycles. The van der Waals surface area contributed by atoms with Crippen molar-refractivity contribution in [2.24, 2.45) is 0 Å². The maximum absolute atomic E-state index is 5.76. The maximum Gasteiger partial charge on any atom is 0.242 e. The Morgan fingerprint density at radius 2 is 2.36 bits per heavy atom. The standard InChI is InChI=1S/C9H13OSi/c1-2-6-9(5-1)11-8-4-3-7-10-11/h1-2,5H,3-4,6-8H2. The summed E-state index contributed by atoms with van der Waals surface area (Å²) in [4.78, 5) is 0. The number of allylic oxidation sites excluding steroid dienone is 4. The lowest BCUT2D eigenvalue weighted by atomic mass is 10.4. The largest absolute Gasteiger partial charge is 0.412 e. The van der Waals surface area contributed by atoms with E-state index in [0.717, 1.165) is 13.0 Å². The molecule has 59 valence electrons. The summed E-state index contributed by atoms with van der Waals surface area (Å²) in [6.07, 6.45) is 10.4. The second-order valence-electron chi connectivity index (χ2n) is 3.05. The normalized spacial score (nSPS) is 25.6. The highest BCUT2D eigenvalue weighted by Gasteiger charge is 2.21. The minimum atomic E-state index is -0.527. The summed E-state index contributed by atoms with van der Waals surface area (Å²) in [5, 5.41) is 1.58. The van der Waals surface area contributed by atoms with Gasteiger partial charge in [-0.05, 0) is 18.9 Å². The molecule has 0 spiro atoms. The molecular formula is C9H13OSi. The molecule has 1 saturated heterocycles. The molecule has 1 radical (unpaired) electrons. The van der Waals surface area contributed by atoms with Gasteiger partial charge in [0.1, 0.15) is 0 Å². The van der Waals surface area contributed by atoms with Crippen LogP contribution >= 0.6 is 0 Å². The van der Waals surface area contributed by atoms with E-state index < -0.39 is 9.04 Å². The summed E-state index contributed by atoms with van der Waals surface area (Å²) in [7, 11) is -0.527. The lowest BCUT2D eigenvalue weighted by molar-refractivity contribution is 0.291. The molecule has 1 nitrogen and oxygen atoms in total. The van der Waals surface area contributed by atoms with E-state index in [1.54, 1.807) is 5.20 Å². The van der Waals surface area contributed by atoms with Gasteiger partial charge in [-0.3, -0.25) is 0 Å². The minimum absolute atomic E-state index is 0.527. The van der Waals surface area contributed by atoms with Crippen LogP contribution in [0.1, 0.15) is 19.3 Å². The summed E-state index contributed by atoms with van der Waals surface area (Å²) >= 11 is 0. The molecule has 0 bridgehead atoms. The first-order chi connectivity index (χ1) is 5.47. The molecule has 1 aliphatic carbocycles. The summed E-state index contributed by atoms with van der Waals surface area (Å²) in [6, 6.07) is 1.33. The van der Waals surface area contributed by atoms with Crippen molar-refractivity contribution < 1.29 is 4.43 Å². The molecule has 0 amide bonds. The Morgan fingerprint density at radius 1 is 1.36 bits per heavy atom. The van der Waals surface area contributed by atoms with Gasteiger partial charge in [-0.2, -0.15) is 0 Å². The smallest absolute Gasteiger partial charge is 0.242 e. The van der Waals surface area contributed by atoms with E-state index in [1.165, 1.54) is 18.9 Å². The molecule has 0 aromatic rings. The molecule has 0 saturated carbocycles. The molecule has 2 aliphatic rings. The van der Waals surface area contributed by atoms with Gasteiger partial charge in [0.15, 0.2) is 0 Å². The van der Waals surface area contributed by atoms with Gasteiger partial charge in [-0.1, -0.05) is 29.8 Å². The Balaban J connectivity index is 1.93. The topological polar surface area (TPSA) is 9.23 Å². The summed E-state index contributed by atoms with van der Waals surface area (Å²) < 4.78 is 5.76. The molecule has 0 aromatic carbocycles. The fourth-order valence-corrected chi connectivity index (χ4v) is 3.80. The Labute approximate surface area is 69.5 Å². The molecule has 0 unspecified atom stereocenters. The Bertz CT molecular complexity index is 190. The second kappa shape index (κ2) is 3.37. The van der Waals surface area contributed by atoms with Crippen LogP contribution in [0, 0.1) is 0 Å². The van der Waals surface area contributed by atoms with Crippen molar-refractivity contribution in [1.82, 2.24) is 0 Å². The fraction of sp³-hybridized carbons (Fsp3) is 0.556. The first-order valence-corrected chi connectivity index (χ1v) is 5.93. The van der Waals surface area contributed by atoms with Crippen LogP contribution < -0.4 is 0 Å². The van der Waals surface area contributed by atoms with Gasteiger partial charge in [0.25, 0.3) is 0 Å². The van der Waals surface area contributed by atoms with Gasteiger partial charge in [-0.15, -0.1) is 0 Å². The SMILES string of the molecule is C1=CCC([Si]2CCCCO2)=C1. The van der Waals surface area contributed by atoms with Gasteiger partial charge < -0.3 is 4.43 Å². The Kier molecular flexibility index (Phi) is 2.24. The van der Waals surface area contributed by atoms with Crippen LogP contribution in [0.2, 0.25) is 6.04 Å². The predicted octanol–water partition coefficient (Wildman–Crippen LogP) is 2.21. The van der Waals surface area contributed by atoms with E-state index in [4.69, 9.17) is 4.43 Å². The quantitative estimate of drug-likeness (QED) is 0.541. The molecule has 1 fully saturated rings. The third-order valence-corrected chi connectivity index (χ3v) is 4.65. The van der Waals surface area contributed by atoms with Crippen molar-refractivity contribution >= 4 is 9.04 Å². The molecule has 2 heteroatoms. The van der Waals surface area contributed by atoms with Crippen LogP contribution in [0.4, 0.5) is 0 Å².